The average molecular weight is 547 g/mol. The van der Waals surface area contributed by atoms with Crippen molar-refractivity contribution in [3.8, 4) is 0 Å². The average Bonchev–Trinajstić information content (AvgIpc) is 3.18. The van der Waals surface area contributed by atoms with E-state index in [2.05, 4.69) is 10.3 Å². The van der Waals surface area contributed by atoms with E-state index < -0.39 is 6.10 Å². The predicted molar refractivity (Wildman–Crippen MR) is 151 cm³/mol. The molecule has 1 aliphatic rings. The van der Waals surface area contributed by atoms with E-state index >= 15 is 0 Å². The van der Waals surface area contributed by atoms with Gasteiger partial charge < -0.3 is 10.4 Å². The number of nitrogens with one attached hydrogen (secondary N) is 1. The monoisotopic (exact) mass is 546 g/mol. The Morgan fingerprint density at radius 2 is 1.84 bits per heavy atom. The number of benzene rings is 2. The molecule has 0 bridgehead atoms. The van der Waals surface area contributed by atoms with Crippen molar-refractivity contribution >= 4 is 51.7 Å². The molecule has 7 nitrogen and oxygen atoms in total. The minimum Gasteiger partial charge on any atom is -0.387 e. The van der Waals surface area contributed by atoms with Crippen LogP contribution in [-0.4, -0.2) is 36.2 Å². The van der Waals surface area contributed by atoms with Gasteiger partial charge in [0.05, 0.1) is 23.1 Å². The Labute approximate surface area is 227 Å². The lowest BCUT2D eigenvalue weighted by atomic mass is 10.1. The molecule has 0 spiro atoms. The summed E-state index contributed by atoms with van der Waals surface area (Å²) in [5, 5.41) is 13.8. The van der Waals surface area contributed by atoms with Gasteiger partial charge in [-0.3, -0.25) is 18.9 Å². The highest BCUT2D eigenvalue weighted by molar-refractivity contribution is 8.26. The van der Waals surface area contributed by atoms with Crippen LogP contribution in [0.3, 0.4) is 0 Å². The molecule has 192 valence electrons. The topological polar surface area (TPSA) is 86.9 Å². The van der Waals surface area contributed by atoms with Crippen molar-refractivity contribution in [1.82, 2.24) is 14.3 Å². The number of aryl methyl sites for hydroxylation is 1. The molecule has 0 unspecified atom stereocenters. The van der Waals surface area contributed by atoms with Crippen LogP contribution in [0.25, 0.3) is 11.7 Å². The van der Waals surface area contributed by atoms with Gasteiger partial charge in [-0.15, -0.1) is 0 Å². The molecular formula is C28H23FN4O3S2. The van der Waals surface area contributed by atoms with Gasteiger partial charge in [0, 0.05) is 12.7 Å². The Hall–Kier alpha value is -3.86. The molecule has 1 atom stereocenters. The van der Waals surface area contributed by atoms with E-state index in [-0.39, 0.29) is 46.7 Å². The summed E-state index contributed by atoms with van der Waals surface area (Å²) in [7, 11) is 0. The van der Waals surface area contributed by atoms with Crippen LogP contribution < -0.4 is 10.9 Å². The third-order valence-corrected chi connectivity index (χ3v) is 7.51. The van der Waals surface area contributed by atoms with E-state index in [4.69, 9.17) is 12.2 Å². The van der Waals surface area contributed by atoms with Crippen LogP contribution in [0.2, 0.25) is 0 Å². The van der Waals surface area contributed by atoms with Crippen molar-refractivity contribution in [3.05, 3.63) is 116 Å². The number of amides is 1. The summed E-state index contributed by atoms with van der Waals surface area (Å²) in [5.41, 5.74) is 2.53. The largest absolute Gasteiger partial charge is 0.387 e. The maximum atomic E-state index is 13.6. The Kier molecular flexibility index (Phi) is 7.37. The molecule has 38 heavy (non-hydrogen) atoms. The fraction of sp³-hybridized carbons (Fsp3) is 0.143. The number of anilines is 1. The number of nitrogens with zero attached hydrogens (tertiary/aromatic N) is 3. The second-order valence-corrected chi connectivity index (χ2v) is 10.4. The Morgan fingerprint density at radius 3 is 2.58 bits per heavy atom. The van der Waals surface area contributed by atoms with Crippen LogP contribution in [0, 0.1) is 12.7 Å². The number of aliphatic hydroxyl groups is 1. The second-order valence-electron chi connectivity index (χ2n) is 8.77. The Balaban J connectivity index is 1.50. The van der Waals surface area contributed by atoms with Crippen LogP contribution in [0.1, 0.15) is 28.4 Å². The number of aromatic nitrogens is 2. The highest BCUT2D eigenvalue weighted by Gasteiger charge is 2.32. The number of halogens is 1. The van der Waals surface area contributed by atoms with Crippen molar-refractivity contribution in [1.29, 1.82) is 0 Å². The smallest absolute Gasteiger partial charge is 0.267 e. The number of hydrogen-bond acceptors (Lipinski definition) is 7. The number of fused-ring (bicyclic) bond motifs is 1. The molecule has 2 aromatic heterocycles. The third-order valence-electron chi connectivity index (χ3n) is 6.13. The molecule has 2 aromatic carbocycles. The van der Waals surface area contributed by atoms with Crippen molar-refractivity contribution in [2.75, 3.05) is 11.9 Å². The zero-order chi connectivity index (χ0) is 26.8. The number of thioether (sulfide) groups is 1. The number of carbonyl (C=O) groups excluding carboxylic acids is 1. The summed E-state index contributed by atoms with van der Waals surface area (Å²) in [6, 6.07) is 18.6. The number of hydrogen-bond donors (Lipinski definition) is 2. The molecule has 0 aliphatic carbocycles. The lowest BCUT2D eigenvalue weighted by molar-refractivity contribution is -0.122. The van der Waals surface area contributed by atoms with Gasteiger partial charge in [0.15, 0.2) is 0 Å². The first-order chi connectivity index (χ1) is 18.3. The number of thiocarbonyl (C=S) groups is 1. The Morgan fingerprint density at radius 1 is 1.11 bits per heavy atom. The maximum absolute atomic E-state index is 13.6. The van der Waals surface area contributed by atoms with Crippen LogP contribution in [0.15, 0.2) is 82.6 Å². The highest BCUT2D eigenvalue weighted by atomic mass is 32.2. The molecule has 0 saturated carbocycles. The summed E-state index contributed by atoms with van der Waals surface area (Å²) in [6.45, 7) is 2.14. The molecule has 1 fully saturated rings. The normalized spacial score (nSPS) is 15.4. The lowest BCUT2D eigenvalue weighted by Crippen LogP contribution is -2.27. The van der Waals surface area contributed by atoms with Crippen molar-refractivity contribution in [3.63, 3.8) is 0 Å². The second kappa shape index (κ2) is 10.9. The minimum atomic E-state index is -0.838. The van der Waals surface area contributed by atoms with Crippen LogP contribution >= 0.6 is 24.0 Å². The first-order valence-corrected chi connectivity index (χ1v) is 13.0. The number of rotatable bonds is 7. The van der Waals surface area contributed by atoms with Gasteiger partial charge >= 0.3 is 0 Å². The van der Waals surface area contributed by atoms with Gasteiger partial charge in [0.2, 0.25) is 0 Å². The van der Waals surface area contributed by atoms with Crippen LogP contribution in [0.5, 0.6) is 0 Å². The number of carbonyl (C=O) groups is 1. The van der Waals surface area contributed by atoms with Gasteiger partial charge in [0.25, 0.3) is 11.5 Å². The minimum absolute atomic E-state index is 0.102. The van der Waals surface area contributed by atoms with E-state index in [1.54, 1.807) is 24.4 Å². The first-order valence-electron chi connectivity index (χ1n) is 11.8. The molecular weight excluding hydrogens is 523 g/mol. The summed E-state index contributed by atoms with van der Waals surface area (Å²) in [5.74, 6) is -0.465. The van der Waals surface area contributed by atoms with Crippen molar-refractivity contribution < 1.29 is 14.3 Å². The lowest BCUT2D eigenvalue weighted by Gasteiger charge is -2.16. The quantitative estimate of drug-likeness (QED) is 0.257. The van der Waals surface area contributed by atoms with E-state index in [9.17, 15) is 19.1 Å². The molecule has 1 amide bonds. The maximum Gasteiger partial charge on any atom is 0.267 e. The fourth-order valence-electron chi connectivity index (χ4n) is 4.10. The Bertz CT molecular complexity index is 1620. The van der Waals surface area contributed by atoms with E-state index in [0.717, 1.165) is 28.5 Å². The van der Waals surface area contributed by atoms with Crippen LogP contribution in [-0.2, 0) is 11.3 Å². The molecule has 1 saturated heterocycles. The van der Waals surface area contributed by atoms with Gasteiger partial charge in [-0.1, -0.05) is 72.5 Å². The SMILES string of the molecule is Cc1cccn2c(=O)c(/C=C3\SC(=S)N(Cc4ccc(F)cc4)C3=O)c(NC[C@@H](O)c3ccccc3)nc12. The van der Waals surface area contributed by atoms with Gasteiger partial charge in [0.1, 0.15) is 21.6 Å². The molecule has 3 heterocycles. The summed E-state index contributed by atoms with van der Waals surface area (Å²) < 4.78 is 15.1. The van der Waals surface area contributed by atoms with Gasteiger partial charge in [-0.2, -0.15) is 0 Å². The van der Waals surface area contributed by atoms with E-state index in [1.807, 2.05) is 43.3 Å². The van der Waals surface area contributed by atoms with Gasteiger partial charge in [-0.05, 0) is 47.9 Å². The summed E-state index contributed by atoms with van der Waals surface area (Å²) in [6.07, 6.45) is 2.28. The van der Waals surface area contributed by atoms with Crippen molar-refractivity contribution in [2.45, 2.75) is 19.6 Å². The molecule has 1 aliphatic heterocycles. The molecule has 0 radical (unpaired) electrons. The molecule has 10 heteroatoms. The zero-order valence-electron chi connectivity index (χ0n) is 20.3. The van der Waals surface area contributed by atoms with Gasteiger partial charge in [-0.25, -0.2) is 9.37 Å². The third kappa shape index (κ3) is 5.24. The van der Waals surface area contributed by atoms with Crippen LogP contribution in [0.4, 0.5) is 10.2 Å². The van der Waals surface area contributed by atoms with Crippen molar-refractivity contribution in [2.24, 2.45) is 0 Å². The number of pyridine rings is 1. The zero-order valence-corrected chi connectivity index (χ0v) is 21.9. The van der Waals surface area contributed by atoms with E-state index in [1.165, 1.54) is 27.5 Å². The fourth-order valence-corrected chi connectivity index (χ4v) is 5.34. The highest BCUT2D eigenvalue weighted by Crippen LogP contribution is 2.34. The molecule has 5 rings (SSSR count). The first kappa shape index (κ1) is 25.8. The van der Waals surface area contributed by atoms with E-state index in [0.29, 0.717) is 9.97 Å². The summed E-state index contributed by atoms with van der Waals surface area (Å²) >= 11 is 6.53. The number of aliphatic hydroxyl groups excluding tert-OH is 1. The summed E-state index contributed by atoms with van der Waals surface area (Å²) in [4.78, 5) is 33.2. The predicted octanol–water partition coefficient (Wildman–Crippen LogP) is 4.69. The molecule has 2 N–H and O–H groups in total. The standard InChI is InChI=1S/C28H23FN4O3S2/c1-17-6-5-13-32-25(17)31-24(30-15-22(34)19-7-3-2-4-8-19)21(26(32)35)14-23-27(36)33(28(37)38-23)16-18-9-11-20(29)12-10-18/h2-14,22,30,34H,15-16H2,1H3/b23-14-/t22-/m1/s1. The molecule has 4 aromatic rings.